The molecule has 0 saturated carbocycles. The lowest BCUT2D eigenvalue weighted by atomic mass is 10.1. The lowest BCUT2D eigenvalue weighted by Crippen LogP contribution is -2.41. The molecule has 1 N–H and O–H groups in total. The van der Waals surface area contributed by atoms with Crippen LogP contribution in [0.25, 0.3) is 0 Å². The summed E-state index contributed by atoms with van der Waals surface area (Å²) in [6.07, 6.45) is -0.426. The molecular weight excluding hydrogens is 395 g/mol. The zero-order valence-corrected chi connectivity index (χ0v) is 15.3. The summed E-state index contributed by atoms with van der Waals surface area (Å²) >= 11 is 22.9. The van der Waals surface area contributed by atoms with Crippen LogP contribution in [0.1, 0.15) is 13.8 Å². The van der Waals surface area contributed by atoms with Crippen LogP contribution < -0.4 is 10.3 Å². The van der Waals surface area contributed by atoms with Gasteiger partial charge in [0.1, 0.15) is 6.17 Å². The molecule has 1 atom stereocenters. The van der Waals surface area contributed by atoms with Crippen LogP contribution in [0, 0.1) is 5.92 Å². The number of urea groups is 1. The van der Waals surface area contributed by atoms with Crippen molar-refractivity contribution in [3.05, 3.63) is 28.2 Å². The number of carbonyl (C=O) groups excluding carboxylic acids is 1. The number of benzene rings is 1. The molecule has 0 spiro atoms. The fourth-order valence-corrected chi connectivity index (χ4v) is 3.48. The molecule has 1 aromatic carbocycles. The van der Waals surface area contributed by atoms with E-state index in [2.05, 4.69) is 5.43 Å². The average molecular weight is 407 g/mol. The van der Waals surface area contributed by atoms with Crippen LogP contribution in [0.5, 0.6) is 0 Å². The number of hydrogen-bond donors (Lipinski definition) is 1. The molecule has 0 radical (unpaired) electrons. The number of anilines is 1. The summed E-state index contributed by atoms with van der Waals surface area (Å²) < 4.78 is 11.7. The first-order valence-electron chi connectivity index (χ1n) is 6.20. The number of rotatable bonds is 4. The molecule has 1 aliphatic rings. The lowest BCUT2D eigenvalue weighted by Gasteiger charge is -2.25. The highest BCUT2D eigenvalue weighted by molar-refractivity contribution is 8.01. The maximum Gasteiger partial charge on any atom is 0.350 e. The van der Waals surface area contributed by atoms with Crippen LogP contribution in [0.15, 0.2) is 18.2 Å². The van der Waals surface area contributed by atoms with E-state index in [4.69, 9.17) is 46.4 Å². The number of nitrogens with zero attached hydrogens (tertiary/aromatic N) is 2. The molecule has 1 aliphatic heterocycles. The normalized spacial score (nSPS) is 19.5. The van der Waals surface area contributed by atoms with Crippen molar-refractivity contribution >= 4 is 70.1 Å². The highest BCUT2D eigenvalue weighted by Gasteiger charge is 2.44. The summed E-state index contributed by atoms with van der Waals surface area (Å²) in [6, 6.07) is 4.23. The second-order valence-electron chi connectivity index (χ2n) is 4.93. The van der Waals surface area contributed by atoms with Gasteiger partial charge in [0.2, 0.25) is 0 Å². The molecule has 0 bridgehead atoms. The molecule has 1 heterocycles. The van der Waals surface area contributed by atoms with Gasteiger partial charge in [-0.2, -0.15) is 14.2 Å². The van der Waals surface area contributed by atoms with Gasteiger partial charge >= 0.3 is 9.95 Å². The molecule has 2 rings (SSSR count). The Kier molecular flexibility index (Phi) is 5.63. The Morgan fingerprint density at radius 1 is 1.27 bits per heavy atom. The van der Waals surface area contributed by atoms with Crippen molar-refractivity contribution in [2.24, 2.45) is 5.92 Å². The number of alkyl halides is 3. The topological polar surface area (TPSA) is 35.6 Å². The van der Waals surface area contributed by atoms with Gasteiger partial charge in [0.15, 0.2) is 0 Å². The van der Waals surface area contributed by atoms with Crippen LogP contribution in [0.3, 0.4) is 0 Å². The molecule has 1 saturated heterocycles. The first-order valence-corrected chi connectivity index (χ1v) is 8.48. The van der Waals surface area contributed by atoms with Crippen molar-refractivity contribution in [2.45, 2.75) is 23.9 Å². The maximum atomic E-state index is 13.4. The predicted octanol–water partition coefficient (Wildman–Crippen LogP) is 5.43. The summed E-state index contributed by atoms with van der Waals surface area (Å²) in [5.41, 5.74) is 3.35. The second-order valence-corrected chi connectivity index (χ2v) is 8.60. The summed E-state index contributed by atoms with van der Waals surface area (Å²) in [5.74, 6) is 0.0203. The third-order valence-corrected chi connectivity index (χ3v) is 4.36. The quantitative estimate of drug-likeness (QED) is 0.534. The molecule has 0 aliphatic carbocycles. The third-order valence-electron chi connectivity index (χ3n) is 2.86. The summed E-state index contributed by atoms with van der Waals surface area (Å²) in [4.78, 5) is 13.9. The summed E-state index contributed by atoms with van der Waals surface area (Å²) in [5, 5.41) is 0.775. The highest BCUT2D eigenvalue weighted by Crippen LogP contribution is 2.41. The van der Waals surface area contributed by atoms with E-state index < -0.39 is 16.1 Å². The van der Waals surface area contributed by atoms with Crippen LogP contribution in [0.4, 0.5) is 14.9 Å². The second kappa shape index (κ2) is 6.79. The molecular formula is C12H12Cl4FN3OS. The van der Waals surface area contributed by atoms with E-state index in [-0.39, 0.29) is 5.92 Å². The summed E-state index contributed by atoms with van der Waals surface area (Å²) in [7, 11) is 0. The van der Waals surface area contributed by atoms with E-state index in [1.54, 1.807) is 18.2 Å². The Morgan fingerprint density at radius 3 is 2.27 bits per heavy atom. The van der Waals surface area contributed by atoms with Gasteiger partial charge < -0.3 is 0 Å². The zero-order valence-electron chi connectivity index (χ0n) is 11.5. The van der Waals surface area contributed by atoms with E-state index >= 15 is 0 Å². The fourth-order valence-electron chi connectivity index (χ4n) is 2.02. The first kappa shape index (κ1) is 18.2. The molecule has 2 amide bonds. The molecule has 10 heteroatoms. The van der Waals surface area contributed by atoms with Crippen molar-refractivity contribution in [3.63, 3.8) is 0 Å². The van der Waals surface area contributed by atoms with Gasteiger partial charge in [0.25, 0.3) is 0 Å². The Labute approximate surface area is 151 Å². The minimum atomic E-state index is -2.63. The molecule has 4 nitrogen and oxygen atoms in total. The molecule has 1 fully saturated rings. The standard InChI is InChI=1S/C12H12Cl4FN3OS/c1-6(2)10-18-20(22-12(15,16)17)11(21)19(10)9-4-7(13)3-8(14)5-9/h3-6,10,18H,1-2H3. The SMILES string of the molecule is CC(C)C1NN(SC(F)(Cl)Cl)C(=O)N1c1cc(Cl)cc(Cl)c1. The lowest BCUT2D eigenvalue weighted by molar-refractivity contribution is 0.235. The van der Waals surface area contributed by atoms with Crippen molar-refractivity contribution in [1.29, 1.82) is 0 Å². The molecule has 1 aromatic rings. The van der Waals surface area contributed by atoms with E-state index in [0.29, 0.717) is 27.7 Å². The van der Waals surface area contributed by atoms with Gasteiger partial charge in [-0.05, 0) is 24.1 Å². The minimum absolute atomic E-state index is 0.0203. The Hall–Kier alpha value is -0.110. The van der Waals surface area contributed by atoms with Gasteiger partial charge in [0.05, 0.1) is 5.69 Å². The van der Waals surface area contributed by atoms with Gasteiger partial charge in [-0.25, -0.2) is 4.79 Å². The van der Waals surface area contributed by atoms with Crippen molar-refractivity contribution in [3.8, 4) is 0 Å². The number of carbonyl (C=O) groups is 1. The summed E-state index contributed by atoms with van der Waals surface area (Å²) in [6.45, 7) is 3.81. The van der Waals surface area contributed by atoms with Crippen LogP contribution in [-0.2, 0) is 0 Å². The fraction of sp³-hybridized carbons (Fsp3) is 0.417. The van der Waals surface area contributed by atoms with E-state index in [0.717, 1.165) is 4.41 Å². The predicted molar refractivity (Wildman–Crippen MR) is 91.1 cm³/mol. The van der Waals surface area contributed by atoms with Gasteiger partial charge in [-0.1, -0.05) is 60.3 Å². The Morgan fingerprint density at radius 2 is 1.82 bits per heavy atom. The number of hydrogen-bond acceptors (Lipinski definition) is 3. The molecule has 22 heavy (non-hydrogen) atoms. The van der Waals surface area contributed by atoms with Crippen molar-refractivity contribution < 1.29 is 9.18 Å². The molecule has 1 unspecified atom stereocenters. The average Bonchev–Trinajstić information content (AvgIpc) is 2.63. The maximum absolute atomic E-state index is 13.4. The van der Waals surface area contributed by atoms with Crippen molar-refractivity contribution in [2.75, 3.05) is 4.90 Å². The number of halogens is 5. The largest absolute Gasteiger partial charge is 0.350 e. The molecule has 0 aromatic heterocycles. The van der Waals surface area contributed by atoms with Crippen LogP contribution >= 0.6 is 58.4 Å². The highest BCUT2D eigenvalue weighted by atomic mass is 35.5. The smallest absolute Gasteiger partial charge is 0.274 e. The van der Waals surface area contributed by atoms with Gasteiger partial charge in [0, 0.05) is 22.0 Å². The zero-order chi connectivity index (χ0) is 16.7. The van der Waals surface area contributed by atoms with Crippen molar-refractivity contribution in [1.82, 2.24) is 9.84 Å². The Bertz CT molecular complexity index is 564. The molecule has 122 valence electrons. The Balaban J connectivity index is 2.36. The first-order chi connectivity index (χ1) is 10.1. The van der Waals surface area contributed by atoms with Crippen LogP contribution in [0.2, 0.25) is 10.0 Å². The minimum Gasteiger partial charge on any atom is -0.274 e. The monoisotopic (exact) mass is 405 g/mol. The number of amides is 2. The van der Waals surface area contributed by atoms with Crippen LogP contribution in [-0.4, -0.2) is 20.5 Å². The van der Waals surface area contributed by atoms with E-state index in [1.165, 1.54) is 4.90 Å². The van der Waals surface area contributed by atoms with E-state index in [1.807, 2.05) is 13.8 Å². The van der Waals surface area contributed by atoms with Gasteiger partial charge in [-0.15, -0.1) is 0 Å². The third kappa shape index (κ3) is 4.24. The number of nitrogens with one attached hydrogen (secondary N) is 1. The number of hydrazine groups is 1. The van der Waals surface area contributed by atoms with Gasteiger partial charge in [-0.3, -0.25) is 4.90 Å². The van der Waals surface area contributed by atoms with E-state index in [9.17, 15) is 9.18 Å².